The first-order chi connectivity index (χ1) is 7.34. The molecular weight excluding hydrogens is 190 g/mol. The van der Waals surface area contributed by atoms with Crippen LogP contribution in [-0.2, 0) is 0 Å². The average molecular weight is 199 g/mol. The maximum Gasteiger partial charge on any atom is 0.155 e. The molecular formula is C10H9N5. The van der Waals surface area contributed by atoms with Gasteiger partial charge in [0.15, 0.2) is 5.82 Å². The fourth-order valence-electron chi connectivity index (χ4n) is 1.63. The van der Waals surface area contributed by atoms with E-state index in [-0.39, 0.29) is 0 Å². The van der Waals surface area contributed by atoms with Crippen LogP contribution in [0.5, 0.6) is 0 Å². The van der Waals surface area contributed by atoms with Crippen LogP contribution in [0.2, 0.25) is 0 Å². The van der Waals surface area contributed by atoms with E-state index in [0.717, 1.165) is 28.0 Å². The number of H-pyrrole nitrogens is 2. The number of nitrogens with zero attached hydrogens (tertiary/aromatic N) is 3. The van der Waals surface area contributed by atoms with E-state index in [2.05, 4.69) is 31.4 Å². The summed E-state index contributed by atoms with van der Waals surface area (Å²) in [5.74, 6) is 0.775. The lowest BCUT2D eigenvalue weighted by Crippen LogP contribution is -1.81. The van der Waals surface area contributed by atoms with Gasteiger partial charge in [0, 0.05) is 16.6 Å². The third kappa shape index (κ3) is 1.20. The lowest BCUT2D eigenvalue weighted by atomic mass is 10.1. The molecule has 0 aliphatic carbocycles. The normalized spacial score (nSPS) is 11.0. The van der Waals surface area contributed by atoms with Crippen molar-refractivity contribution in [1.29, 1.82) is 0 Å². The highest BCUT2D eigenvalue weighted by Crippen LogP contribution is 2.21. The fraction of sp³-hybridized carbons (Fsp3) is 0.100. The van der Waals surface area contributed by atoms with Gasteiger partial charge in [-0.3, -0.25) is 10.2 Å². The molecule has 0 aliphatic heterocycles. The third-order valence-corrected chi connectivity index (χ3v) is 2.43. The number of aromatic amines is 2. The second-order valence-electron chi connectivity index (χ2n) is 3.41. The average Bonchev–Trinajstić information content (AvgIpc) is 2.88. The lowest BCUT2D eigenvalue weighted by Gasteiger charge is -1.96. The van der Waals surface area contributed by atoms with E-state index in [0.29, 0.717) is 0 Å². The Labute approximate surface area is 85.5 Å². The first-order valence-electron chi connectivity index (χ1n) is 4.65. The molecule has 2 N–H and O–H groups in total. The van der Waals surface area contributed by atoms with E-state index in [9.17, 15) is 0 Å². The highest BCUT2D eigenvalue weighted by molar-refractivity contribution is 5.85. The molecule has 2 heterocycles. The molecule has 0 atom stereocenters. The van der Waals surface area contributed by atoms with Gasteiger partial charge in [-0.1, -0.05) is 0 Å². The topological polar surface area (TPSA) is 70.2 Å². The maximum absolute atomic E-state index is 4.17. The molecule has 3 aromatic rings. The molecule has 5 nitrogen and oxygen atoms in total. The van der Waals surface area contributed by atoms with Gasteiger partial charge in [0.2, 0.25) is 0 Å². The number of hydrogen-bond acceptors (Lipinski definition) is 3. The smallest absolute Gasteiger partial charge is 0.155 e. The van der Waals surface area contributed by atoms with Crippen LogP contribution in [0, 0.1) is 6.92 Å². The molecule has 5 heteroatoms. The van der Waals surface area contributed by atoms with Crippen LogP contribution in [0.1, 0.15) is 5.69 Å². The van der Waals surface area contributed by atoms with Crippen molar-refractivity contribution in [2.45, 2.75) is 6.92 Å². The molecule has 3 rings (SSSR count). The van der Waals surface area contributed by atoms with Crippen molar-refractivity contribution in [3.8, 4) is 11.4 Å². The van der Waals surface area contributed by atoms with Crippen molar-refractivity contribution in [3.63, 3.8) is 0 Å². The van der Waals surface area contributed by atoms with E-state index < -0.39 is 0 Å². The van der Waals surface area contributed by atoms with Crippen LogP contribution >= 0.6 is 0 Å². The van der Waals surface area contributed by atoms with Gasteiger partial charge < -0.3 is 0 Å². The monoisotopic (exact) mass is 199 g/mol. The largest absolute Gasteiger partial charge is 0.282 e. The number of benzene rings is 1. The first kappa shape index (κ1) is 8.16. The molecule has 0 fully saturated rings. The predicted octanol–water partition coefficient (Wildman–Crippen LogP) is 1.66. The first-order valence-corrected chi connectivity index (χ1v) is 4.65. The molecule has 74 valence electrons. The Balaban J connectivity index is 2.25. The van der Waals surface area contributed by atoms with Gasteiger partial charge in [-0.2, -0.15) is 10.2 Å². The van der Waals surface area contributed by atoms with Gasteiger partial charge in [0.05, 0.1) is 5.52 Å². The van der Waals surface area contributed by atoms with Gasteiger partial charge in [0.25, 0.3) is 0 Å². The summed E-state index contributed by atoms with van der Waals surface area (Å²) < 4.78 is 0. The van der Waals surface area contributed by atoms with Crippen molar-refractivity contribution in [2.75, 3.05) is 0 Å². The Kier molecular flexibility index (Phi) is 1.58. The fourth-order valence-corrected chi connectivity index (χ4v) is 1.63. The summed E-state index contributed by atoms with van der Waals surface area (Å²) in [6.07, 6.45) is 1.50. The minimum Gasteiger partial charge on any atom is -0.282 e. The minimum absolute atomic E-state index is 0.775. The molecule has 0 saturated carbocycles. The Hall–Kier alpha value is -2.17. The Morgan fingerprint density at radius 2 is 2.13 bits per heavy atom. The molecule has 0 saturated heterocycles. The number of aromatic nitrogens is 5. The Bertz CT molecular complexity index is 593. The summed E-state index contributed by atoms with van der Waals surface area (Å²) in [5, 5.41) is 14.9. The molecule has 0 unspecified atom stereocenters. The highest BCUT2D eigenvalue weighted by Gasteiger charge is 2.05. The zero-order valence-corrected chi connectivity index (χ0v) is 8.15. The van der Waals surface area contributed by atoms with Gasteiger partial charge in [0.1, 0.15) is 6.33 Å². The van der Waals surface area contributed by atoms with E-state index in [1.165, 1.54) is 6.33 Å². The van der Waals surface area contributed by atoms with Gasteiger partial charge in [-0.25, -0.2) is 4.98 Å². The molecule has 0 radical (unpaired) electrons. The van der Waals surface area contributed by atoms with Crippen LogP contribution in [0.4, 0.5) is 0 Å². The summed E-state index contributed by atoms with van der Waals surface area (Å²) >= 11 is 0. The van der Waals surface area contributed by atoms with Crippen molar-refractivity contribution in [2.24, 2.45) is 0 Å². The summed E-state index contributed by atoms with van der Waals surface area (Å²) in [6, 6.07) is 5.99. The van der Waals surface area contributed by atoms with Crippen LogP contribution in [0.3, 0.4) is 0 Å². The number of fused-ring (bicyclic) bond motifs is 1. The zero-order chi connectivity index (χ0) is 10.3. The number of nitrogens with one attached hydrogen (secondary N) is 2. The molecule has 2 aromatic heterocycles. The predicted molar refractivity (Wildman–Crippen MR) is 56.2 cm³/mol. The summed E-state index contributed by atoms with van der Waals surface area (Å²) in [4.78, 5) is 4.11. The summed E-state index contributed by atoms with van der Waals surface area (Å²) in [7, 11) is 0. The van der Waals surface area contributed by atoms with Crippen molar-refractivity contribution in [1.82, 2.24) is 25.4 Å². The molecule has 0 spiro atoms. The lowest BCUT2D eigenvalue weighted by molar-refractivity contribution is 1.07. The van der Waals surface area contributed by atoms with Crippen molar-refractivity contribution < 1.29 is 0 Å². The second kappa shape index (κ2) is 2.91. The van der Waals surface area contributed by atoms with Gasteiger partial charge in [-0.15, -0.1) is 0 Å². The van der Waals surface area contributed by atoms with Crippen LogP contribution in [0.25, 0.3) is 22.3 Å². The maximum atomic E-state index is 4.17. The van der Waals surface area contributed by atoms with E-state index in [4.69, 9.17) is 0 Å². The summed E-state index contributed by atoms with van der Waals surface area (Å²) in [6.45, 7) is 2.00. The van der Waals surface area contributed by atoms with Crippen LogP contribution in [-0.4, -0.2) is 25.4 Å². The van der Waals surface area contributed by atoms with Crippen LogP contribution < -0.4 is 0 Å². The van der Waals surface area contributed by atoms with E-state index in [1.807, 2.05) is 19.1 Å². The van der Waals surface area contributed by atoms with Crippen molar-refractivity contribution in [3.05, 3.63) is 30.2 Å². The number of rotatable bonds is 1. The molecule has 0 amide bonds. The highest BCUT2D eigenvalue weighted by atomic mass is 15.2. The zero-order valence-electron chi connectivity index (χ0n) is 8.15. The van der Waals surface area contributed by atoms with Gasteiger partial charge in [-0.05, 0) is 25.1 Å². The third-order valence-electron chi connectivity index (χ3n) is 2.43. The molecule has 0 bridgehead atoms. The molecule has 1 aromatic carbocycles. The van der Waals surface area contributed by atoms with E-state index in [1.54, 1.807) is 0 Å². The molecule has 0 aliphatic rings. The number of aryl methyl sites for hydroxylation is 1. The Morgan fingerprint density at radius 1 is 1.20 bits per heavy atom. The van der Waals surface area contributed by atoms with Crippen molar-refractivity contribution >= 4 is 10.9 Å². The molecule has 15 heavy (non-hydrogen) atoms. The second-order valence-corrected chi connectivity index (χ2v) is 3.41. The minimum atomic E-state index is 0.775. The van der Waals surface area contributed by atoms with Crippen LogP contribution in [0.15, 0.2) is 24.5 Å². The van der Waals surface area contributed by atoms with Gasteiger partial charge >= 0.3 is 0 Å². The quantitative estimate of drug-likeness (QED) is 0.626. The number of hydrogen-bond donors (Lipinski definition) is 2. The summed E-state index contributed by atoms with van der Waals surface area (Å²) in [5.41, 5.74) is 3.05. The van der Waals surface area contributed by atoms with E-state index >= 15 is 0 Å². The Morgan fingerprint density at radius 3 is 2.93 bits per heavy atom. The SMILES string of the molecule is Cc1[nH]nc2ccc(-c3ncn[nH]3)cc12. The standard InChI is InChI=1S/C10H9N5/c1-6-8-4-7(10-11-5-12-15-10)2-3-9(8)14-13-6/h2-5H,1H3,(H,13,14)(H,11,12,15).